The predicted octanol–water partition coefficient (Wildman–Crippen LogP) is 3.82. The molecule has 0 spiro atoms. The molecule has 0 saturated carbocycles. The molecule has 3 aromatic rings. The van der Waals surface area contributed by atoms with Crippen LogP contribution in [-0.2, 0) is 19.5 Å². The van der Waals surface area contributed by atoms with Crippen LogP contribution >= 0.6 is 0 Å². The van der Waals surface area contributed by atoms with Crippen LogP contribution in [0.1, 0.15) is 27.2 Å². The van der Waals surface area contributed by atoms with Gasteiger partial charge in [-0.3, -0.25) is 9.69 Å². The zero-order valence-corrected chi connectivity index (χ0v) is 15.0. The average molecular weight is 351 g/mol. The van der Waals surface area contributed by atoms with Crippen LogP contribution in [0.3, 0.4) is 0 Å². The Bertz CT molecular complexity index is 960. The van der Waals surface area contributed by atoms with Gasteiger partial charge in [-0.25, -0.2) is 0 Å². The SMILES string of the molecule is COc1cc(C=O)c2cc(CN3CCc4ccccc4C3)oc2c1OC. The Balaban J connectivity index is 1.67. The normalized spacial score (nSPS) is 14.2. The van der Waals surface area contributed by atoms with Gasteiger partial charge >= 0.3 is 0 Å². The molecule has 4 rings (SSSR count). The maximum atomic E-state index is 11.5. The summed E-state index contributed by atoms with van der Waals surface area (Å²) in [6.07, 6.45) is 1.86. The standard InChI is InChI=1S/C21H21NO4/c1-24-19-9-16(13-23)18-10-17(26-20(18)21(19)25-2)12-22-8-7-14-5-3-4-6-15(14)11-22/h3-6,9-10,13H,7-8,11-12H2,1-2H3. The second-order valence-corrected chi connectivity index (χ2v) is 6.50. The van der Waals surface area contributed by atoms with Gasteiger partial charge in [0.25, 0.3) is 0 Å². The first-order valence-electron chi connectivity index (χ1n) is 8.65. The van der Waals surface area contributed by atoms with E-state index in [9.17, 15) is 4.79 Å². The van der Waals surface area contributed by atoms with Gasteiger partial charge in [-0.05, 0) is 29.7 Å². The van der Waals surface area contributed by atoms with Gasteiger partial charge in [0.2, 0.25) is 5.75 Å². The second kappa shape index (κ2) is 6.84. The van der Waals surface area contributed by atoms with E-state index in [0.717, 1.165) is 36.9 Å². The topological polar surface area (TPSA) is 51.9 Å². The molecular weight excluding hydrogens is 330 g/mol. The summed E-state index contributed by atoms with van der Waals surface area (Å²) in [6, 6.07) is 12.2. The smallest absolute Gasteiger partial charge is 0.204 e. The van der Waals surface area contributed by atoms with E-state index in [1.807, 2.05) is 6.07 Å². The maximum absolute atomic E-state index is 11.5. The number of benzene rings is 2. The Kier molecular flexibility index (Phi) is 4.39. The van der Waals surface area contributed by atoms with Crippen molar-refractivity contribution >= 4 is 17.3 Å². The summed E-state index contributed by atoms with van der Waals surface area (Å²) in [5, 5.41) is 0.755. The largest absolute Gasteiger partial charge is 0.493 e. The zero-order valence-electron chi connectivity index (χ0n) is 15.0. The lowest BCUT2D eigenvalue weighted by Crippen LogP contribution is -2.29. The van der Waals surface area contributed by atoms with Gasteiger partial charge in [-0.15, -0.1) is 0 Å². The first kappa shape index (κ1) is 16.7. The Morgan fingerprint density at radius 3 is 2.69 bits per heavy atom. The number of rotatable bonds is 5. The van der Waals surface area contributed by atoms with Crippen molar-refractivity contribution in [1.82, 2.24) is 4.90 Å². The Labute approximate surface area is 152 Å². The van der Waals surface area contributed by atoms with Gasteiger partial charge in [0.15, 0.2) is 17.6 Å². The third kappa shape index (κ3) is 2.84. The fourth-order valence-corrected chi connectivity index (χ4v) is 3.65. The summed E-state index contributed by atoms with van der Waals surface area (Å²) in [6.45, 7) is 2.57. The Morgan fingerprint density at radius 1 is 1.15 bits per heavy atom. The minimum atomic E-state index is 0.495. The molecule has 0 saturated heterocycles. The van der Waals surface area contributed by atoms with Crippen molar-refractivity contribution < 1.29 is 18.7 Å². The zero-order chi connectivity index (χ0) is 18.1. The molecule has 2 heterocycles. The summed E-state index contributed by atoms with van der Waals surface area (Å²) >= 11 is 0. The van der Waals surface area contributed by atoms with E-state index in [-0.39, 0.29) is 0 Å². The monoisotopic (exact) mass is 351 g/mol. The Hall–Kier alpha value is -2.79. The molecule has 0 unspecified atom stereocenters. The van der Waals surface area contributed by atoms with Gasteiger partial charge in [0.05, 0.1) is 20.8 Å². The lowest BCUT2D eigenvalue weighted by Gasteiger charge is -2.27. The molecule has 26 heavy (non-hydrogen) atoms. The third-order valence-electron chi connectivity index (χ3n) is 4.95. The van der Waals surface area contributed by atoms with Crippen LogP contribution in [0, 0.1) is 0 Å². The highest BCUT2D eigenvalue weighted by atomic mass is 16.5. The van der Waals surface area contributed by atoms with Crippen molar-refractivity contribution in [1.29, 1.82) is 0 Å². The lowest BCUT2D eigenvalue weighted by molar-refractivity contribution is 0.112. The fraction of sp³-hybridized carbons (Fsp3) is 0.286. The van der Waals surface area contributed by atoms with Gasteiger partial charge < -0.3 is 13.9 Å². The third-order valence-corrected chi connectivity index (χ3v) is 4.95. The fourth-order valence-electron chi connectivity index (χ4n) is 3.65. The lowest BCUT2D eigenvalue weighted by atomic mass is 10.00. The molecule has 0 aliphatic carbocycles. The molecule has 1 aromatic heterocycles. The summed E-state index contributed by atoms with van der Waals surface area (Å²) < 4.78 is 16.8. The molecule has 134 valence electrons. The van der Waals surface area contributed by atoms with Crippen molar-refractivity contribution in [3.8, 4) is 11.5 Å². The molecule has 0 fully saturated rings. The molecule has 0 amide bonds. The van der Waals surface area contributed by atoms with Crippen LogP contribution in [0.2, 0.25) is 0 Å². The summed E-state index contributed by atoms with van der Waals surface area (Å²) in [4.78, 5) is 13.8. The number of hydrogen-bond donors (Lipinski definition) is 0. The van der Waals surface area contributed by atoms with E-state index >= 15 is 0 Å². The van der Waals surface area contributed by atoms with Crippen LogP contribution in [0.15, 0.2) is 40.8 Å². The van der Waals surface area contributed by atoms with Gasteiger partial charge in [-0.2, -0.15) is 0 Å². The molecule has 5 heteroatoms. The molecule has 0 radical (unpaired) electrons. The number of fused-ring (bicyclic) bond motifs is 2. The van der Waals surface area contributed by atoms with Crippen molar-refractivity contribution in [2.75, 3.05) is 20.8 Å². The average Bonchev–Trinajstić information content (AvgIpc) is 3.09. The first-order chi connectivity index (χ1) is 12.7. The van der Waals surface area contributed by atoms with E-state index in [0.29, 0.717) is 29.2 Å². The molecule has 5 nitrogen and oxygen atoms in total. The van der Waals surface area contributed by atoms with E-state index in [4.69, 9.17) is 13.9 Å². The minimum absolute atomic E-state index is 0.495. The van der Waals surface area contributed by atoms with E-state index in [1.54, 1.807) is 20.3 Å². The summed E-state index contributed by atoms with van der Waals surface area (Å²) in [5.41, 5.74) is 3.88. The van der Waals surface area contributed by atoms with Crippen LogP contribution in [0.5, 0.6) is 11.5 Å². The van der Waals surface area contributed by atoms with Crippen LogP contribution in [0.4, 0.5) is 0 Å². The van der Waals surface area contributed by atoms with E-state index < -0.39 is 0 Å². The van der Waals surface area contributed by atoms with Crippen molar-refractivity contribution in [3.63, 3.8) is 0 Å². The molecule has 0 atom stereocenters. The van der Waals surface area contributed by atoms with Gasteiger partial charge in [-0.1, -0.05) is 24.3 Å². The number of furan rings is 1. The summed E-state index contributed by atoms with van der Waals surface area (Å²) in [7, 11) is 3.12. The van der Waals surface area contributed by atoms with Crippen molar-refractivity contribution in [3.05, 3.63) is 58.8 Å². The molecule has 1 aliphatic rings. The number of methoxy groups -OCH3 is 2. The maximum Gasteiger partial charge on any atom is 0.204 e. The first-order valence-corrected chi connectivity index (χ1v) is 8.65. The van der Waals surface area contributed by atoms with Crippen LogP contribution in [-0.4, -0.2) is 32.0 Å². The number of carbonyl (C=O) groups excluding carboxylic acids is 1. The molecule has 2 aromatic carbocycles. The highest BCUT2D eigenvalue weighted by Crippen LogP contribution is 2.39. The number of hydrogen-bond acceptors (Lipinski definition) is 5. The van der Waals surface area contributed by atoms with E-state index in [2.05, 4.69) is 29.2 Å². The number of nitrogens with zero attached hydrogens (tertiary/aromatic N) is 1. The van der Waals surface area contributed by atoms with Crippen molar-refractivity contribution in [2.45, 2.75) is 19.5 Å². The second-order valence-electron chi connectivity index (χ2n) is 6.50. The highest BCUT2D eigenvalue weighted by molar-refractivity contribution is 6.00. The quantitative estimate of drug-likeness (QED) is 0.654. The van der Waals surface area contributed by atoms with Gasteiger partial charge in [0.1, 0.15) is 5.76 Å². The molecule has 1 aliphatic heterocycles. The molecular formula is C21H21NO4. The minimum Gasteiger partial charge on any atom is -0.493 e. The predicted molar refractivity (Wildman–Crippen MR) is 99.0 cm³/mol. The van der Waals surface area contributed by atoms with Crippen LogP contribution in [0.25, 0.3) is 11.0 Å². The number of carbonyl (C=O) groups is 1. The van der Waals surface area contributed by atoms with E-state index in [1.165, 1.54) is 11.1 Å². The molecule has 0 N–H and O–H groups in total. The van der Waals surface area contributed by atoms with Crippen molar-refractivity contribution in [2.24, 2.45) is 0 Å². The summed E-state index contributed by atoms with van der Waals surface area (Å²) in [5.74, 6) is 1.83. The highest BCUT2D eigenvalue weighted by Gasteiger charge is 2.21. The van der Waals surface area contributed by atoms with Crippen LogP contribution < -0.4 is 9.47 Å². The molecule has 0 bridgehead atoms. The Morgan fingerprint density at radius 2 is 1.96 bits per heavy atom. The number of aldehydes is 1. The number of ether oxygens (including phenoxy) is 2. The van der Waals surface area contributed by atoms with Gasteiger partial charge in [0, 0.05) is 24.0 Å².